The van der Waals surface area contributed by atoms with Crippen LogP contribution in [0, 0.1) is 22.7 Å². The first kappa shape index (κ1) is 26.0. The number of ether oxygens (including phenoxy) is 2. The van der Waals surface area contributed by atoms with Gasteiger partial charge in [-0.3, -0.25) is 4.79 Å². The van der Waals surface area contributed by atoms with Crippen LogP contribution in [0.2, 0.25) is 0 Å². The predicted octanol–water partition coefficient (Wildman–Crippen LogP) is 4.72. The average Bonchev–Trinajstić information content (AvgIpc) is 2.82. The minimum atomic E-state index is -0.464. The molecule has 0 radical (unpaired) electrons. The third-order valence-corrected chi connectivity index (χ3v) is 6.61. The lowest BCUT2D eigenvalue weighted by molar-refractivity contribution is -0.125. The number of amides is 2. The highest BCUT2D eigenvalue weighted by molar-refractivity contribution is 5.79. The Morgan fingerprint density at radius 2 is 1.91 bits per heavy atom. The zero-order valence-electron chi connectivity index (χ0n) is 20.8. The van der Waals surface area contributed by atoms with Crippen LogP contribution in [0.4, 0.5) is 4.79 Å². The molecule has 0 aromatic heterocycles. The summed E-state index contributed by atoms with van der Waals surface area (Å²) in [5, 5.41) is 5.56. The van der Waals surface area contributed by atoms with Crippen LogP contribution in [-0.4, -0.2) is 55.3 Å². The van der Waals surface area contributed by atoms with Gasteiger partial charge in [-0.1, -0.05) is 22.9 Å². The lowest BCUT2D eigenvalue weighted by Crippen LogP contribution is -2.42. The molecule has 0 aromatic carbocycles. The first-order valence-corrected chi connectivity index (χ1v) is 12.5. The maximum Gasteiger partial charge on any atom is 0.410 e. The minimum Gasteiger partial charge on any atom is -0.494 e. The Kier molecular flexibility index (Phi) is 9.30. The molecule has 0 aromatic rings. The number of hydrogen-bond acceptors (Lipinski definition) is 6. The van der Waals surface area contributed by atoms with Crippen molar-refractivity contribution in [1.29, 1.82) is 0 Å². The normalized spacial score (nSPS) is 23.6. The van der Waals surface area contributed by atoms with E-state index in [-0.39, 0.29) is 24.5 Å². The van der Waals surface area contributed by atoms with Crippen molar-refractivity contribution in [2.24, 2.45) is 22.9 Å². The molecule has 1 aliphatic heterocycles. The number of carbonyl (C=O) groups is 2. The van der Waals surface area contributed by atoms with E-state index in [9.17, 15) is 14.5 Å². The highest BCUT2D eigenvalue weighted by Crippen LogP contribution is 2.33. The Morgan fingerprint density at radius 3 is 2.50 bits per heavy atom. The van der Waals surface area contributed by atoms with Crippen LogP contribution in [0.3, 0.4) is 0 Å². The second-order valence-corrected chi connectivity index (χ2v) is 10.4. The number of likely N-dealkylation sites (tertiary alicyclic amines) is 1. The van der Waals surface area contributed by atoms with E-state index in [1.807, 2.05) is 20.8 Å². The van der Waals surface area contributed by atoms with Crippen molar-refractivity contribution in [2.75, 3.05) is 32.8 Å². The van der Waals surface area contributed by atoms with E-state index in [1.165, 1.54) is 5.57 Å². The summed E-state index contributed by atoms with van der Waals surface area (Å²) in [5.74, 6) is 1.73. The van der Waals surface area contributed by atoms with Crippen LogP contribution >= 0.6 is 0 Å². The molecule has 3 rings (SSSR count). The Balaban J connectivity index is 1.35. The van der Waals surface area contributed by atoms with Gasteiger partial charge in [0.25, 0.3) is 0 Å². The van der Waals surface area contributed by atoms with E-state index < -0.39 is 5.60 Å². The highest BCUT2D eigenvalue weighted by atomic mass is 16.6. The van der Waals surface area contributed by atoms with Crippen molar-refractivity contribution >= 4 is 12.0 Å². The molecule has 1 N–H and O–H groups in total. The van der Waals surface area contributed by atoms with Gasteiger partial charge in [-0.05, 0) is 77.4 Å². The van der Waals surface area contributed by atoms with Gasteiger partial charge in [0.15, 0.2) is 0 Å². The molecule has 0 bridgehead atoms. The summed E-state index contributed by atoms with van der Waals surface area (Å²) in [5.41, 5.74) is 0.925. The number of nitroso groups, excluding NO2 is 1. The van der Waals surface area contributed by atoms with Crippen LogP contribution in [0.1, 0.15) is 59.3 Å². The highest BCUT2D eigenvalue weighted by Gasteiger charge is 2.28. The van der Waals surface area contributed by atoms with Crippen LogP contribution in [0.15, 0.2) is 40.8 Å². The molecule has 2 amide bonds. The molecule has 8 nitrogen and oxygen atoms in total. The van der Waals surface area contributed by atoms with Gasteiger partial charge >= 0.3 is 6.09 Å². The van der Waals surface area contributed by atoms with Crippen molar-refractivity contribution in [3.05, 3.63) is 40.5 Å². The van der Waals surface area contributed by atoms with E-state index in [4.69, 9.17) is 9.47 Å². The molecular weight excluding hydrogens is 434 g/mol. The molecule has 0 saturated carbocycles. The number of nitrogens with one attached hydrogen (secondary N) is 1. The summed E-state index contributed by atoms with van der Waals surface area (Å²) in [4.78, 5) is 36.3. The van der Waals surface area contributed by atoms with Crippen molar-refractivity contribution < 1.29 is 19.1 Å². The topological polar surface area (TPSA) is 97.3 Å². The van der Waals surface area contributed by atoms with Crippen molar-refractivity contribution in [1.82, 2.24) is 10.2 Å². The summed E-state index contributed by atoms with van der Waals surface area (Å²) < 4.78 is 11.5. The maximum absolute atomic E-state index is 12.2. The first-order valence-electron chi connectivity index (χ1n) is 12.5. The van der Waals surface area contributed by atoms with E-state index in [2.05, 4.69) is 34.8 Å². The molecule has 34 heavy (non-hydrogen) atoms. The van der Waals surface area contributed by atoms with Gasteiger partial charge in [-0.2, -0.15) is 4.91 Å². The average molecular weight is 474 g/mol. The van der Waals surface area contributed by atoms with Crippen molar-refractivity contribution in [3.63, 3.8) is 0 Å². The maximum atomic E-state index is 12.2. The number of rotatable bonds is 8. The molecule has 2 unspecified atom stereocenters. The summed E-state index contributed by atoms with van der Waals surface area (Å²) in [7, 11) is 0. The predicted molar refractivity (Wildman–Crippen MR) is 131 cm³/mol. The van der Waals surface area contributed by atoms with Gasteiger partial charge in [0.2, 0.25) is 5.91 Å². The summed E-state index contributed by atoms with van der Waals surface area (Å²) >= 11 is 0. The lowest BCUT2D eigenvalue weighted by atomic mass is 9.81. The molecule has 3 aliphatic rings. The fourth-order valence-corrected chi connectivity index (χ4v) is 4.60. The fraction of sp³-hybridized carbons (Fsp3) is 0.692. The van der Waals surface area contributed by atoms with Gasteiger partial charge in [-0.15, -0.1) is 0 Å². The van der Waals surface area contributed by atoms with Crippen molar-refractivity contribution in [2.45, 2.75) is 64.9 Å². The molecule has 1 fully saturated rings. The van der Waals surface area contributed by atoms with Crippen molar-refractivity contribution in [3.8, 4) is 0 Å². The van der Waals surface area contributed by atoms with Gasteiger partial charge in [0.1, 0.15) is 11.4 Å². The summed E-state index contributed by atoms with van der Waals surface area (Å²) in [6, 6.07) is 0. The van der Waals surface area contributed by atoms with Gasteiger partial charge < -0.3 is 19.7 Å². The summed E-state index contributed by atoms with van der Waals surface area (Å²) in [6.45, 7) is 8.19. The second kappa shape index (κ2) is 12.2. The van der Waals surface area contributed by atoms with Crippen LogP contribution in [0.5, 0.6) is 0 Å². The molecule has 8 heteroatoms. The third-order valence-electron chi connectivity index (χ3n) is 6.61. The Morgan fingerprint density at radius 1 is 1.15 bits per heavy atom. The molecule has 2 atom stereocenters. The number of allylic oxidation sites excluding steroid dienone is 5. The number of nitrogens with zero attached hydrogens (tertiary/aromatic N) is 2. The molecule has 0 spiro atoms. The fourth-order valence-electron chi connectivity index (χ4n) is 4.60. The zero-order chi connectivity index (χ0) is 24.6. The van der Waals surface area contributed by atoms with Crippen LogP contribution < -0.4 is 5.32 Å². The van der Waals surface area contributed by atoms with Crippen LogP contribution in [0.25, 0.3) is 0 Å². The van der Waals surface area contributed by atoms with E-state index in [0.29, 0.717) is 38.1 Å². The zero-order valence-corrected chi connectivity index (χ0v) is 20.8. The monoisotopic (exact) mass is 473 g/mol. The molecule has 1 heterocycles. The molecule has 1 saturated heterocycles. The lowest BCUT2D eigenvalue weighted by Gasteiger charge is -2.33. The Hall–Kier alpha value is -2.64. The second-order valence-electron chi connectivity index (χ2n) is 10.4. The third kappa shape index (κ3) is 7.99. The molecule has 2 aliphatic carbocycles. The van der Waals surface area contributed by atoms with E-state index in [1.54, 1.807) is 4.90 Å². The van der Waals surface area contributed by atoms with Crippen LogP contribution in [-0.2, 0) is 14.3 Å². The summed E-state index contributed by atoms with van der Waals surface area (Å²) in [6.07, 6.45) is 13.7. The molecular formula is C26H39N3O5. The standard InChI is InChI=1S/C26H39N3O5/c1-26(2,3)34-25(31)29-16-12-19(13-17-29)18-33-23-10-8-21(9-11-23)20-4-6-22(7-5-20)24(30)27-14-15-28-32/h4,8,10-11,19,21-22H,5-7,9,12-18H2,1-3H3,(H,27,30). The van der Waals surface area contributed by atoms with E-state index >= 15 is 0 Å². The number of hydrogen-bond donors (Lipinski definition) is 1. The van der Waals surface area contributed by atoms with E-state index in [0.717, 1.165) is 44.3 Å². The Bertz CT molecular complexity index is 819. The van der Waals surface area contributed by atoms with Gasteiger partial charge in [0.05, 0.1) is 13.2 Å². The minimum absolute atomic E-state index is 0.0147. The smallest absolute Gasteiger partial charge is 0.410 e. The largest absolute Gasteiger partial charge is 0.494 e. The number of carbonyl (C=O) groups excluding carboxylic acids is 2. The molecule has 188 valence electrons. The number of piperidine rings is 1. The quantitative estimate of drug-likeness (QED) is 0.313. The first-order chi connectivity index (χ1) is 16.2. The Labute approximate surface area is 202 Å². The van der Waals surface area contributed by atoms with Gasteiger partial charge in [0, 0.05) is 31.5 Å². The SMILES string of the molecule is CC(C)(C)OC(=O)N1CCC(COC2=CCC(C3=CCC(C(=O)NCCN=O)CC3)C=C2)CC1. The van der Waals surface area contributed by atoms with Gasteiger partial charge in [-0.25, -0.2) is 4.79 Å².